The average Bonchev–Trinajstić information content (AvgIpc) is 2.41. The van der Waals surface area contributed by atoms with E-state index < -0.39 is 0 Å². The lowest BCUT2D eigenvalue weighted by Crippen LogP contribution is -2.12. The molecule has 2 rings (SSSR count). The van der Waals surface area contributed by atoms with Crippen LogP contribution in [0.15, 0.2) is 42.5 Å². The standard InChI is InChI=1S/C18H22O3/c1-18(2,3)16-10-14(6-9-17(16)20)12-21-11-13-4-7-15(19)8-5-13/h4-10,19-20H,11-12H2,1-3H3. The molecular weight excluding hydrogens is 264 g/mol. The fourth-order valence-corrected chi connectivity index (χ4v) is 2.15. The molecule has 0 aliphatic rings. The van der Waals surface area contributed by atoms with E-state index in [0.717, 1.165) is 16.7 Å². The molecule has 0 aliphatic carbocycles. The Bertz CT molecular complexity index is 595. The molecule has 0 fully saturated rings. The molecule has 2 N–H and O–H groups in total. The topological polar surface area (TPSA) is 49.7 Å². The van der Waals surface area contributed by atoms with E-state index in [4.69, 9.17) is 4.74 Å². The van der Waals surface area contributed by atoms with E-state index >= 15 is 0 Å². The number of rotatable bonds is 4. The van der Waals surface area contributed by atoms with E-state index in [1.165, 1.54) is 0 Å². The van der Waals surface area contributed by atoms with Crippen LogP contribution in [0.3, 0.4) is 0 Å². The third-order valence-corrected chi connectivity index (χ3v) is 3.34. The van der Waals surface area contributed by atoms with Gasteiger partial charge in [-0.25, -0.2) is 0 Å². The fourth-order valence-electron chi connectivity index (χ4n) is 2.15. The molecule has 0 amide bonds. The SMILES string of the molecule is CC(C)(C)c1cc(COCc2ccc(O)cc2)ccc1O. The van der Waals surface area contributed by atoms with Crippen molar-refractivity contribution in [3.8, 4) is 11.5 Å². The van der Waals surface area contributed by atoms with Crippen molar-refractivity contribution in [2.75, 3.05) is 0 Å². The summed E-state index contributed by atoms with van der Waals surface area (Å²) in [5, 5.41) is 19.2. The maximum Gasteiger partial charge on any atom is 0.119 e. The third-order valence-electron chi connectivity index (χ3n) is 3.34. The highest BCUT2D eigenvalue weighted by molar-refractivity contribution is 5.40. The van der Waals surface area contributed by atoms with Crippen LogP contribution in [0.4, 0.5) is 0 Å². The van der Waals surface area contributed by atoms with Gasteiger partial charge in [0.1, 0.15) is 11.5 Å². The van der Waals surface area contributed by atoms with Crippen LogP contribution in [-0.4, -0.2) is 10.2 Å². The molecule has 2 aromatic rings. The van der Waals surface area contributed by atoms with E-state index in [1.54, 1.807) is 18.2 Å². The van der Waals surface area contributed by atoms with Crippen LogP contribution >= 0.6 is 0 Å². The van der Waals surface area contributed by atoms with Gasteiger partial charge in [0, 0.05) is 0 Å². The first-order valence-corrected chi connectivity index (χ1v) is 7.04. The van der Waals surface area contributed by atoms with Crippen LogP contribution < -0.4 is 0 Å². The van der Waals surface area contributed by atoms with Gasteiger partial charge in [0.2, 0.25) is 0 Å². The van der Waals surface area contributed by atoms with Crippen LogP contribution in [-0.2, 0) is 23.4 Å². The number of hydrogen-bond donors (Lipinski definition) is 2. The molecule has 2 aromatic carbocycles. The second kappa shape index (κ2) is 6.19. The van der Waals surface area contributed by atoms with E-state index in [1.807, 2.05) is 24.3 Å². The number of hydrogen-bond acceptors (Lipinski definition) is 3. The predicted molar refractivity (Wildman–Crippen MR) is 83.4 cm³/mol. The van der Waals surface area contributed by atoms with Gasteiger partial charge in [-0.1, -0.05) is 39.0 Å². The van der Waals surface area contributed by atoms with Crippen molar-refractivity contribution in [2.24, 2.45) is 0 Å². The third kappa shape index (κ3) is 4.23. The van der Waals surface area contributed by atoms with E-state index in [2.05, 4.69) is 20.8 Å². The highest BCUT2D eigenvalue weighted by Gasteiger charge is 2.18. The molecule has 0 atom stereocenters. The molecule has 112 valence electrons. The maximum absolute atomic E-state index is 9.94. The minimum Gasteiger partial charge on any atom is -0.508 e. The van der Waals surface area contributed by atoms with Gasteiger partial charge in [-0.15, -0.1) is 0 Å². The normalized spacial score (nSPS) is 11.6. The van der Waals surface area contributed by atoms with Gasteiger partial charge in [0.25, 0.3) is 0 Å². The highest BCUT2D eigenvalue weighted by atomic mass is 16.5. The van der Waals surface area contributed by atoms with Gasteiger partial charge in [-0.3, -0.25) is 0 Å². The molecule has 3 nitrogen and oxygen atoms in total. The smallest absolute Gasteiger partial charge is 0.119 e. The summed E-state index contributed by atoms with van der Waals surface area (Å²) in [6.07, 6.45) is 0. The van der Waals surface area contributed by atoms with Gasteiger partial charge in [-0.2, -0.15) is 0 Å². The molecule has 0 aromatic heterocycles. The Morgan fingerprint density at radius 3 is 2.05 bits per heavy atom. The summed E-state index contributed by atoms with van der Waals surface area (Å²) < 4.78 is 5.69. The fraction of sp³-hybridized carbons (Fsp3) is 0.333. The monoisotopic (exact) mass is 286 g/mol. The van der Waals surface area contributed by atoms with Crippen molar-refractivity contribution in [3.05, 3.63) is 59.2 Å². The van der Waals surface area contributed by atoms with Crippen LogP contribution in [0, 0.1) is 0 Å². The maximum atomic E-state index is 9.94. The van der Waals surface area contributed by atoms with E-state index in [-0.39, 0.29) is 11.2 Å². The zero-order valence-corrected chi connectivity index (χ0v) is 12.8. The van der Waals surface area contributed by atoms with E-state index in [9.17, 15) is 10.2 Å². The molecular formula is C18H22O3. The molecule has 0 unspecified atom stereocenters. The number of phenols is 2. The van der Waals surface area contributed by atoms with Gasteiger partial charge in [0.15, 0.2) is 0 Å². The van der Waals surface area contributed by atoms with Gasteiger partial charge in [-0.05, 0) is 46.4 Å². The lowest BCUT2D eigenvalue weighted by molar-refractivity contribution is 0.107. The summed E-state index contributed by atoms with van der Waals surface area (Å²) in [6, 6.07) is 12.6. The first-order valence-electron chi connectivity index (χ1n) is 7.04. The Morgan fingerprint density at radius 1 is 0.857 bits per heavy atom. The minimum atomic E-state index is -0.100. The lowest BCUT2D eigenvalue weighted by atomic mass is 9.85. The minimum absolute atomic E-state index is 0.100. The van der Waals surface area contributed by atoms with E-state index in [0.29, 0.717) is 19.0 Å². The molecule has 0 radical (unpaired) electrons. The summed E-state index contributed by atoms with van der Waals surface area (Å²) in [5.41, 5.74) is 2.88. The molecule has 0 saturated heterocycles. The summed E-state index contributed by atoms with van der Waals surface area (Å²) in [4.78, 5) is 0. The number of aromatic hydroxyl groups is 2. The lowest BCUT2D eigenvalue weighted by Gasteiger charge is -2.21. The first-order chi connectivity index (χ1) is 9.86. The largest absolute Gasteiger partial charge is 0.508 e. The molecule has 0 aliphatic heterocycles. The van der Waals surface area contributed by atoms with Gasteiger partial charge in [0.05, 0.1) is 13.2 Å². The summed E-state index contributed by atoms with van der Waals surface area (Å²) in [5.74, 6) is 0.580. The first kappa shape index (κ1) is 15.4. The Balaban J connectivity index is 1.99. The zero-order chi connectivity index (χ0) is 15.5. The van der Waals surface area contributed by atoms with Crippen LogP contribution in [0.2, 0.25) is 0 Å². The predicted octanol–water partition coefficient (Wildman–Crippen LogP) is 4.11. The quantitative estimate of drug-likeness (QED) is 0.889. The Morgan fingerprint density at radius 2 is 1.43 bits per heavy atom. The van der Waals surface area contributed by atoms with Crippen LogP contribution in [0.25, 0.3) is 0 Å². The average molecular weight is 286 g/mol. The van der Waals surface area contributed by atoms with Crippen molar-refractivity contribution in [1.82, 2.24) is 0 Å². The van der Waals surface area contributed by atoms with Crippen molar-refractivity contribution in [3.63, 3.8) is 0 Å². The summed E-state index contributed by atoms with van der Waals surface area (Å²) in [7, 11) is 0. The number of benzene rings is 2. The van der Waals surface area contributed by atoms with Gasteiger partial charge >= 0.3 is 0 Å². The molecule has 0 heterocycles. The number of ether oxygens (including phenoxy) is 1. The molecule has 0 bridgehead atoms. The second-order valence-corrected chi connectivity index (χ2v) is 6.26. The van der Waals surface area contributed by atoms with Crippen molar-refractivity contribution < 1.29 is 14.9 Å². The molecule has 0 saturated carbocycles. The molecule has 3 heteroatoms. The van der Waals surface area contributed by atoms with Crippen LogP contribution in [0.5, 0.6) is 11.5 Å². The Kier molecular flexibility index (Phi) is 4.53. The highest BCUT2D eigenvalue weighted by Crippen LogP contribution is 2.31. The van der Waals surface area contributed by atoms with Crippen molar-refractivity contribution >= 4 is 0 Å². The molecule has 0 spiro atoms. The Labute approximate surface area is 125 Å². The Hall–Kier alpha value is -2.00. The summed E-state index contributed by atoms with van der Waals surface area (Å²) >= 11 is 0. The van der Waals surface area contributed by atoms with Crippen molar-refractivity contribution in [1.29, 1.82) is 0 Å². The zero-order valence-electron chi connectivity index (χ0n) is 12.8. The second-order valence-electron chi connectivity index (χ2n) is 6.26. The van der Waals surface area contributed by atoms with Crippen LogP contribution in [0.1, 0.15) is 37.5 Å². The van der Waals surface area contributed by atoms with Crippen molar-refractivity contribution in [2.45, 2.75) is 39.4 Å². The summed E-state index contributed by atoms with van der Waals surface area (Å²) in [6.45, 7) is 7.20. The molecule has 21 heavy (non-hydrogen) atoms. The number of phenolic OH excluding ortho intramolecular Hbond substituents is 2. The van der Waals surface area contributed by atoms with Gasteiger partial charge < -0.3 is 14.9 Å².